The van der Waals surface area contributed by atoms with E-state index in [0.29, 0.717) is 13.2 Å². The number of carbonyl (C=O) groups is 2. The highest BCUT2D eigenvalue weighted by Crippen LogP contribution is 2.07. The zero-order chi connectivity index (χ0) is 12.8. The lowest BCUT2D eigenvalue weighted by molar-refractivity contribution is -0.141. The molecule has 6 nitrogen and oxygen atoms in total. The lowest BCUT2D eigenvalue weighted by atomic mass is 10.2. The Morgan fingerprint density at radius 3 is 2.71 bits per heavy atom. The molecule has 0 bridgehead atoms. The Balaban J connectivity index is 2.34. The molecule has 2 amide bonds. The number of urea groups is 1. The van der Waals surface area contributed by atoms with Crippen molar-refractivity contribution < 1.29 is 14.3 Å². The highest BCUT2D eigenvalue weighted by Gasteiger charge is 2.25. The molecule has 17 heavy (non-hydrogen) atoms. The van der Waals surface area contributed by atoms with Gasteiger partial charge in [-0.25, -0.2) is 4.79 Å². The van der Waals surface area contributed by atoms with Crippen molar-refractivity contribution >= 4 is 12.0 Å². The first kappa shape index (κ1) is 13.8. The molecule has 1 fully saturated rings. The molecule has 98 valence electrons. The number of ether oxygens (including phenoxy) is 1. The molecular weight excluding hydrogens is 222 g/mol. The highest BCUT2D eigenvalue weighted by molar-refractivity contribution is 5.81. The minimum absolute atomic E-state index is 0.0638. The number of nitrogens with one attached hydrogen (secondary N) is 1. The van der Waals surface area contributed by atoms with Gasteiger partial charge in [0.25, 0.3) is 0 Å². The van der Waals surface area contributed by atoms with Crippen molar-refractivity contribution in [1.29, 1.82) is 0 Å². The first-order valence-corrected chi connectivity index (χ1v) is 5.93. The first-order chi connectivity index (χ1) is 8.04. The summed E-state index contributed by atoms with van der Waals surface area (Å²) in [6.07, 6.45) is 0. The summed E-state index contributed by atoms with van der Waals surface area (Å²) in [4.78, 5) is 26.8. The summed E-state index contributed by atoms with van der Waals surface area (Å²) < 4.78 is 4.74. The smallest absolute Gasteiger partial charge is 0.325 e. The van der Waals surface area contributed by atoms with Crippen LogP contribution in [0.15, 0.2) is 0 Å². The van der Waals surface area contributed by atoms with Crippen molar-refractivity contribution in [3.05, 3.63) is 0 Å². The summed E-state index contributed by atoms with van der Waals surface area (Å²) in [5.41, 5.74) is 0. The van der Waals surface area contributed by atoms with Gasteiger partial charge in [0.1, 0.15) is 6.54 Å². The number of likely N-dealkylation sites (N-methyl/N-ethyl adjacent to an activating group) is 1. The van der Waals surface area contributed by atoms with Crippen molar-refractivity contribution in [2.75, 3.05) is 39.8 Å². The lowest BCUT2D eigenvalue weighted by Crippen LogP contribution is -2.56. The van der Waals surface area contributed by atoms with Gasteiger partial charge in [-0.1, -0.05) is 0 Å². The van der Waals surface area contributed by atoms with Gasteiger partial charge in [-0.3, -0.25) is 4.79 Å². The Morgan fingerprint density at radius 2 is 2.12 bits per heavy atom. The fraction of sp³-hybridized carbons (Fsp3) is 0.818. The Morgan fingerprint density at radius 1 is 1.41 bits per heavy atom. The number of hydrogen-bond acceptors (Lipinski definition) is 4. The fourth-order valence-electron chi connectivity index (χ4n) is 1.90. The summed E-state index contributed by atoms with van der Waals surface area (Å²) >= 11 is 0. The summed E-state index contributed by atoms with van der Waals surface area (Å²) in [6, 6.07) is -0.0328. The van der Waals surface area contributed by atoms with Gasteiger partial charge in [0.2, 0.25) is 0 Å². The number of piperazine rings is 1. The number of hydrogen-bond donors (Lipinski definition) is 1. The standard InChI is InChI=1S/C11H21N3O3/c1-4-17-10(15)7-12-11(16)14-6-5-13(3)8-9(14)2/h9H,4-8H2,1-3H3,(H,12,16). The van der Waals surface area contributed by atoms with Crippen molar-refractivity contribution in [3.63, 3.8) is 0 Å². The van der Waals surface area contributed by atoms with E-state index in [-0.39, 0.29) is 18.6 Å². The number of esters is 1. The average molecular weight is 243 g/mol. The molecule has 1 heterocycles. The van der Waals surface area contributed by atoms with Crippen molar-refractivity contribution in [3.8, 4) is 0 Å². The van der Waals surface area contributed by atoms with Crippen LogP contribution in [-0.2, 0) is 9.53 Å². The van der Waals surface area contributed by atoms with Gasteiger partial charge in [-0.2, -0.15) is 0 Å². The summed E-state index contributed by atoms with van der Waals surface area (Å²) in [5, 5.41) is 2.58. The number of amides is 2. The van der Waals surface area contributed by atoms with E-state index >= 15 is 0 Å². The predicted octanol–water partition coefficient (Wildman–Crippen LogP) is -0.105. The molecular formula is C11H21N3O3. The quantitative estimate of drug-likeness (QED) is 0.703. The van der Waals surface area contributed by atoms with Crippen LogP contribution in [-0.4, -0.2) is 67.7 Å². The van der Waals surface area contributed by atoms with E-state index < -0.39 is 5.97 Å². The van der Waals surface area contributed by atoms with E-state index in [2.05, 4.69) is 10.2 Å². The minimum atomic E-state index is -0.400. The minimum Gasteiger partial charge on any atom is -0.465 e. The number of nitrogens with zero attached hydrogens (tertiary/aromatic N) is 2. The van der Waals surface area contributed by atoms with E-state index in [1.165, 1.54) is 0 Å². The Labute approximate surface area is 102 Å². The van der Waals surface area contributed by atoms with E-state index in [1.807, 2.05) is 14.0 Å². The average Bonchev–Trinajstić information content (AvgIpc) is 2.26. The second-order valence-electron chi connectivity index (χ2n) is 4.27. The monoisotopic (exact) mass is 243 g/mol. The Hall–Kier alpha value is -1.30. The van der Waals surface area contributed by atoms with Gasteiger partial charge in [-0.15, -0.1) is 0 Å². The van der Waals surface area contributed by atoms with Crippen LogP contribution in [0.5, 0.6) is 0 Å². The van der Waals surface area contributed by atoms with Crippen LogP contribution in [0.25, 0.3) is 0 Å². The molecule has 0 aromatic rings. The zero-order valence-corrected chi connectivity index (χ0v) is 10.7. The largest absolute Gasteiger partial charge is 0.465 e. The van der Waals surface area contributed by atoms with E-state index in [1.54, 1.807) is 11.8 Å². The number of carbonyl (C=O) groups excluding carboxylic acids is 2. The second kappa shape index (κ2) is 6.44. The van der Waals surface area contributed by atoms with E-state index in [9.17, 15) is 9.59 Å². The van der Waals surface area contributed by atoms with Gasteiger partial charge >= 0.3 is 12.0 Å². The maximum absolute atomic E-state index is 11.8. The van der Waals surface area contributed by atoms with Gasteiger partial charge in [0, 0.05) is 25.7 Å². The molecule has 1 aliphatic heterocycles. The molecule has 0 saturated carbocycles. The Kier molecular flexibility index (Phi) is 5.21. The van der Waals surface area contributed by atoms with Crippen LogP contribution in [0.3, 0.4) is 0 Å². The molecule has 0 spiro atoms. The van der Waals surface area contributed by atoms with E-state index in [4.69, 9.17) is 4.74 Å². The third-order valence-electron chi connectivity index (χ3n) is 2.78. The third-order valence-corrected chi connectivity index (χ3v) is 2.78. The first-order valence-electron chi connectivity index (χ1n) is 5.93. The normalized spacial score (nSPS) is 21.1. The van der Waals surface area contributed by atoms with Crippen molar-refractivity contribution in [1.82, 2.24) is 15.1 Å². The second-order valence-corrected chi connectivity index (χ2v) is 4.27. The van der Waals surface area contributed by atoms with Gasteiger partial charge in [0.05, 0.1) is 6.61 Å². The molecule has 0 aromatic heterocycles. The van der Waals surface area contributed by atoms with E-state index in [0.717, 1.165) is 13.1 Å². The predicted molar refractivity (Wildman–Crippen MR) is 63.7 cm³/mol. The molecule has 1 rings (SSSR count). The van der Waals surface area contributed by atoms with Gasteiger partial charge < -0.3 is 19.9 Å². The molecule has 0 radical (unpaired) electrons. The summed E-state index contributed by atoms with van der Waals surface area (Å²) in [6.45, 7) is 6.41. The molecule has 1 N–H and O–H groups in total. The Bertz CT molecular complexity index is 283. The van der Waals surface area contributed by atoms with Crippen LogP contribution in [0.2, 0.25) is 0 Å². The molecule has 6 heteroatoms. The van der Waals surface area contributed by atoms with Crippen LogP contribution >= 0.6 is 0 Å². The maximum atomic E-state index is 11.8. The molecule has 0 aromatic carbocycles. The summed E-state index contributed by atoms with van der Waals surface area (Å²) in [5.74, 6) is -0.400. The fourth-order valence-corrected chi connectivity index (χ4v) is 1.90. The van der Waals surface area contributed by atoms with Crippen LogP contribution < -0.4 is 5.32 Å². The van der Waals surface area contributed by atoms with Gasteiger partial charge in [-0.05, 0) is 20.9 Å². The van der Waals surface area contributed by atoms with Crippen molar-refractivity contribution in [2.24, 2.45) is 0 Å². The molecule has 1 saturated heterocycles. The van der Waals surface area contributed by atoms with Crippen LogP contribution in [0.4, 0.5) is 4.79 Å². The zero-order valence-electron chi connectivity index (χ0n) is 10.7. The van der Waals surface area contributed by atoms with Crippen LogP contribution in [0.1, 0.15) is 13.8 Å². The molecule has 1 atom stereocenters. The third kappa shape index (κ3) is 4.22. The molecule has 1 unspecified atom stereocenters. The van der Waals surface area contributed by atoms with Gasteiger partial charge in [0.15, 0.2) is 0 Å². The SMILES string of the molecule is CCOC(=O)CNC(=O)N1CCN(C)CC1C. The molecule has 1 aliphatic rings. The lowest BCUT2D eigenvalue weighted by Gasteiger charge is -2.38. The highest BCUT2D eigenvalue weighted by atomic mass is 16.5. The number of rotatable bonds is 3. The molecule has 0 aliphatic carbocycles. The van der Waals surface area contributed by atoms with Crippen molar-refractivity contribution in [2.45, 2.75) is 19.9 Å². The summed E-state index contributed by atoms with van der Waals surface area (Å²) in [7, 11) is 2.03. The van der Waals surface area contributed by atoms with Crippen LogP contribution in [0, 0.1) is 0 Å². The maximum Gasteiger partial charge on any atom is 0.325 e. The topological polar surface area (TPSA) is 61.9 Å².